The van der Waals surface area contributed by atoms with Gasteiger partial charge in [-0.25, -0.2) is 9.07 Å². The summed E-state index contributed by atoms with van der Waals surface area (Å²) < 4.78 is 14.9. The zero-order valence-corrected chi connectivity index (χ0v) is 18.4. The third-order valence-electron chi connectivity index (χ3n) is 5.67. The highest BCUT2D eigenvalue weighted by Crippen LogP contribution is 2.18. The number of hydrogen-bond donors (Lipinski definition) is 2. The van der Waals surface area contributed by atoms with Gasteiger partial charge >= 0.3 is 0 Å². The van der Waals surface area contributed by atoms with Crippen LogP contribution in [0.25, 0.3) is 0 Å². The van der Waals surface area contributed by atoms with Gasteiger partial charge in [-0.2, -0.15) is 0 Å². The predicted octanol–water partition coefficient (Wildman–Crippen LogP) is 2.58. The Balaban J connectivity index is 0.00000160. The van der Waals surface area contributed by atoms with Crippen LogP contribution in [-0.4, -0.2) is 58.0 Å². The summed E-state index contributed by atoms with van der Waals surface area (Å²) in [5.74, 6) is -0.348. The number of benzene rings is 1. The van der Waals surface area contributed by atoms with Crippen molar-refractivity contribution in [3.63, 3.8) is 0 Å². The molecule has 30 heavy (non-hydrogen) atoms. The minimum atomic E-state index is -0.206. The fourth-order valence-corrected chi connectivity index (χ4v) is 3.97. The largest absolute Gasteiger partial charge is 0.348 e. The first-order valence-corrected chi connectivity index (χ1v) is 10.1. The number of carbonyl (C=O) groups excluding carboxylic acids is 1. The number of carbonyl (C=O) groups is 1. The standard InChI is InChI=1S/C20H27FN6O.2ClH/c21-16-3-1-15(2-4-16)13-26-11-7-17(8-12-26)23-20(28)19-14-27(25-24-19)18-5-9-22-10-6-18;;/h1-4,14,17-18,22H,5-13H2,(H,23,28);2*1H. The van der Waals surface area contributed by atoms with E-state index >= 15 is 0 Å². The molecule has 0 radical (unpaired) electrons. The Morgan fingerprint density at radius 1 is 1.10 bits per heavy atom. The average Bonchev–Trinajstić information content (AvgIpc) is 3.22. The maximum absolute atomic E-state index is 13.0. The van der Waals surface area contributed by atoms with Crippen molar-refractivity contribution >= 4 is 30.7 Å². The minimum absolute atomic E-state index is 0. The molecule has 0 aliphatic carbocycles. The molecule has 10 heteroatoms. The van der Waals surface area contributed by atoms with Gasteiger partial charge in [-0.3, -0.25) is 9.69 Å². The summed E-state index contributed by atoms with van der Waals surface area (Å²) in [5.41, 5.74) is 1.51. The molecule has 7 nitrogen and oxygen atoms in total. The lowest BCUT2D eigenvalue weighted by molar-refractivity contribution is 0.0903. The third kappa shape index (κ3) is 6.38. The SMILES string of the molecule is Cl.Cl.O=C(NC1CCN(Cc2ccc(F)cc2)CC1)c1cn(C2CCNCC2)nn1. The van der Waals surface area contributed by atoms with Gasteiger partial charge in [0.1, 0.15) is 5.82 Å². The fraction of sp³-hybridized carbons (Fsp3) is 0.550. The molecule has 2 aromatic rings. The second-order valence-corrected chi connectivity index (χ2v) is 7.72. The molecular formula is C20H29Cl2FN6O. The van der Waals surface area contributed by atoms with Gasteiger partial charge in [0.15, 0.2) is 5.69 Å². The number of amides is 1. The van der Waals surface area contributed by atoms with E-state index < -0.39 is 0 Å². The first-order chi connectivity index (χ1) is 13.7. The molecule has 3 heterocycles. The molecular weight excluding hydrogens is 430 g/mol. The number of likely N-dealkylation sites (tertiary alicyclic amines) is 1. The van der Waals surface area contributed by atoms with E-state index in [-0.39, 0.29) is 42.6 Å². The van der Waals surface area contributed by atoms with Gasteiger partial charge in [-0.1, -0.05) is 17.3 Å². The average molecular weight is 459 g/mol. The smallest absolute Gasteiger partial charge is 0.273 e. The van der Waals surface area contributed by atoms with E-state index in [1.165, 1.54) is 12.1 Å². The summed E-state index contributed by atoms with van der Waals surface area (Å²) in [6, 6.07) is 7.13. The molecule has 4 rings (SSSR count). The molecule has 2 saturated heterocycles. The second-order valence-electron chi connectivity index (χ2n) is 7.72. The van der Waals surface area contributed by atoms with Crippen molar-refractivity contribution < 1.29 is 9.18 Å². The Morgan fingerprint density at radius 3 is 2.43 bits per heavy atom. The van der Waals surface area contributed by atoms with E-state index in [1.54, 1.807) is 6.20 Å². The van der Waals surface area contributed by atoms with E-state index in [1.807, 2.05) is 16.8 Å². The summed E-state index contributed by atoms with van der Waals surface area (Å²) in [5, 5.41) is 14.7. The molecule has 1 aromatic heterocycles. The lowest BCUT2D eigenvalue weighted by Crippen LogP contribution is -2.44. The van der Waals surface area contributed by atoms with Crippen LogP contribution in [0.5, 0.6) is 0 Å². The van der Waals surface area contributed by atoms with Crippen molar-refractivity contribution in [3.05, 3.63) is 47.5 Å². The van der Waals surface area contributed by atoms with Crippen molar-refractivity contribution in [1.82, 2.24) is 30.5 Å². The summed E-state index contributed by atoms with van der Waals surface area (Å²) in [7, 11) is 0. The van der Waals surface area contributed by atoms with Crippen molar-refractivity contribution in [1.29, 1.82) is 0 Å². The van der Waals surface area contributed by atoms with Crippen LogP contribution in [0.1, 0.15) is 47.8 Å². The summed E-state index contributed by atoms with van der Waals surface area (Å²) in [6.07, 6.45) is 5.59. The maximum Gasteiger partial charge on any atom is 0.273 e. The predicted molar refractivity (Wildman–Crippen MR) is 118 cm³/mol. The number of nitrogens with one attached hydrogen (secondary N) is 2. The highest BCUT2D eigenvalue weighted by Gasteiger charge is 2.23. The molecule has 2 aliphatic heterocycles. The number of rotatable bonds is 5. The lowest BCUT2D eigenvalue weighted by atomic mass is 10.0. The number of halogens is 3. The summed E-state index contributed by atoms with van der Waals surface area (Å²) >= 11 is 0. The summed E-state index contributed by atoms with van der Waals surface area (Å²) in [4.78, 5) is 14.9. The molecule has 1 aromatic carbocycles. The third-order valence-corrected chi connectivity index (χ3v) is 5.67. The highest BCUT2D eigenvalue weighted by atomic mass is 35.5. The van der Waals surface area contributed by atoms with Crippen LogP contribution in [0.4, 0.5) is 4.39 Å². The minimum Gasteiger partial charge on any atom is -0.348 e. The zero-order valence-electron chi connectivity index (χ0n) is 16.8. The molecule has 1 amide bonds. The number of nitrogens with zero attached hydrogens (tertiary/aromatic N) is 4. The van der Waals surface area contributed by atoms with Crippen LogP contribution < -0.4 is 10.6 Å². The molecule has 0 saturated carbocycles. The van der Waals surface area contributed by atoms with Crippen molar-refractivity contribution in [3.8, 4) is 0 Å². The van der Waals surface area contributed by atoms with Gasteiger partial charge in [0.2, 0.25) is 0 Å². The number of aromatic nitrogens is 3. The second kappa shape index (κ2) is 11.6. The molecule has 2 aliphatic rings. The number of hydrogen-bond acceptors (Lipinski definition) is 5. The van der Waals surface area contributed by atoms with Crippen LogP contribution in [0.15, 0.2) is 30.5 Å². The van der Waals surface area contributed by atoms with E-state index in [4.69, 9.17) is 0 Å². The lowest BCUT2D eigenvalue weighted by Gasteiger charge is -2.32. The van der Waals surface area contributed by atoms with Gasteiger partial charge in [-0.15, -0.1) is 29.9 Å². The Bertz CT molecular complexity index is 789. The molecule has 166 valence electrons. The van der Waals surface area contributed by atoms with Crippen LogP contribution in [-0.2, 0) is 6.54 Å². The Kier molecular flexibility index (Phi) is 9.48. The quantitative estimate of drug-likeness (QED) is 0.719. The molecule has 0 bridgehead atoms. The van der Waals surface area contributed by atoms with Crippen LogP contribution in [0, 0.1) is 5.82 Å². The maximum atomic E-state index is 13.0. The number of piperidine rings is 2. The van der Waals surface area contributed by atoms with Gasteiger partial charge in [0.25, 0.3) is 5.91 Å². The zero-order chi connectivity index (χ0) is 19.3. The van der Waals surface area contributed by atoms with Crippen molar-refractivity contribution in [2.75, 3.05) is 26.2 Å². The molecule has 2 N–H and O–H groups in total. The topological polar surface area (TPSA) is 75.1 Å². The van der Waals surface area contributed by atoms with Gasteiger partial charge in [0.05, 0.1) is 12.2 Å². The van der Waals surface area contributed by atoms with Crippen molar-refractivity contribution in [2.24, 2.45) is 0 Å². The first-order valence-electron chi connectivity index (χ1n) is 10.1. The molecule has 0 atom stereocenters. The Labute approximate surface area is 188 Å². The van der Waals surface area contributed by atoms with Crippen LogP contribution >= 0.6 is 24.8 Å². The van der Waals surface area contributed by atoms with E-state index in [0.717, 1.165) is 64.0 Å². The van der Waals surface area contributed by atoms with Crippen molar-refractivity contribution in [2.45, 2.75) is 44.3 Å². The van der Waals surface area contributed by atoms with E-state index in [0.29, 0.717) is 11.7 Å². The van der Waals surface area contributed by atoms with E-state index in [9.17, 15) is 9.18 Å². The first kappa shape index (κ1) is 24.5. The Morgan fingerprint density at radius 2 is 1.77 bits per heavy atom. The fourth-order valence-electron chi connectivity index (χ4n) is 3.97. The molecule has 0 unspecified atom stereocenters. The monoisotopic (exact) mass is 458 g/mol. The van der Waals surface area contributed by atoms with Gasteiger partial charge < -0.3 is 10.6 Å². The van der Waals surface area contributed by atoms with E-state index in [2.05, 4.69) is 25.8 Å². The molecule has 2 fully saturated rings. The van der Waals surface area contributed by atoms with Crippen LogP contribution in [0.2, 0.25) is 0 Å². The normalized spacial score (nSPS) is 18.3. The van der Waals surface area contributed by atoms with Gasteiger partial charge in [-0.05, 0) is 56.5 Å². The Hall–Kier alpha value is -1.74. The summed E-state index contributed by atoms with van der Waals surface area (Å²) in [6.45, 7) is 4.57. The molecule has 0 spiro atoms. The van der Waals surface area contributed by atoms with Gasteiger partial charge in [0, 0.05) is 25.7 Å². The highest BCUT2D eigenvalue weighted by molar-refractivity contribution is 5.92. The van der Waals surface area contributed by atoms with Crippen LogP contribution in [0.3, 0.4) is 0 Å².